The minimum Gasteiger partial charge on any atom is -0.344 e. The van der Waals surface area contributed by atoms with Gasteiger partial charge < -0.3 is 10.6 Å². The van der Waals surface area contributed by atoms with Gasteiger partial charge in [-0.2, -0.15) is 0 Å². The highest BCUT2D eigenvalue weighted by Gasteiger charge is 2.22. The summed E-state index contributed by atoms with van der Waals surface area (Å²) in [5.74, 6) is -0.111. The molecule has 1 aromatic heterocycles. The molecule has 4 nitrogen and oxygen atoms in total. The maximum Gasteiger partial charge on any atom is 0.271 e. The van der Waals surface area contributed by atoms with E-state index in [1.807, 2.05) is 36.6 Å². The predicted molar refractivity (Wildman–Crippen MR) is 106 cm³/mol. The lowest BCUT2D eigenvalue weighted by molar-refractivity contribution is 0.0928. The number of fused-ring (bicyclic) bond motifs is 1. The lowest BCUT2D eigenvalue weighted by Crippen LogP contribution is -2.31. The zero-order valence-corrected chi connectivity index (χ0v) is 15.5. The van der Waals surface area contributed by atoms with Crippen LogP contribution in [0.25, 0.3) is 0 Å². The molecule has 0 bridgehead atoms. The summed E-state index contributed by atoms with van der Waals surface area (Å²) in [4.78, 5) is 17.1. The van der Waals surface area contributed by atoms with Crippen LogP contribution in [0, 0.1) is 6.92 Å². The van der Waals surface area contributed by atoms with Gasteiger partial charge >= 0.3 is 0 Å². The molecular formula is C21H21N3OS. The maximum atomic E-state index is 12.6. The Kier molecular flexibility index (Phi) is 4.71. The number of anilines is 2. The monoisotopic (exact) mass is 363 g/mol. The number of amides is 1. The second-order valence-corrected chi connectivity index (χ2v) is 7.51. The van der Waals surface area contributed by atoms with Crippen LogP contribution in [0.1, 0.15) is 46.1 Å². The molecule has 3 aromatic rings. The Morgan fingerprint density at radius 3 is 2.96 bits per heavy atom. The summed E-state index contributed by atoms with van der Waals surface area (Å²) in [6.07, 6.45) is 3.16. The Bertz CT molecular complexity index is 934. The Morgan fingerprint density at radius 1 is 1.19 bits per heavy atom. The average molecular weight is 363 g/mol. The maximum absolute atomic E-state index is 12.6. The van der Waals surface area contributed by atoms with Crippen LogP contribution in [-0.2, 0) is 6.42 Å². The van der Waals surface area contributed by atoms with Crippen molar-refractivity contribution in [1.82, 2.24) is 10.3 Å². The van der Waals surface area contributed by atoms with Crippen molar-refractivity contribution in [2.75, 3.05) is 5.32 Å². The van der Waals surface area contributed by atoms with E-state index >= 15 is 0 Å². The van der Waals surface area contributed by atoms with E-state index in [9.17, 15) is 4.79 Å². The van der Waals surface area contributed by atoms with E-state index in [-0.39, 0.29) is 11.9 Å². The molecule has 0 aliphatic heterocycles. The Labute approximate surface area is 157 Å². The van der Waals surface area contributed by atoms with Crippen LogP contribution in [-0.4, -0.2) is 10.9 Å². The molecule has 1 unspecified atom stereocenters. The summed E-state index contributed by atoms with van der Waals surface area (Å²) in [5, 5.41) is 8.96. The van der Waals surface area contributed by atoms with Crippen LogP contribution in [0.15, 0.2) is 53.9 Å². The molecule has 2 aromatic carbocycles. The third-order valence-electron chi connectivity index (χ3n) is 4.68. The summed E-state index contributed by atoms with van der Waals surface area (Å²) in [6, 6.07) is 16.5. The van der Waals surface area contributed by atoms with E-state index in [0.717, 1.165) is 30.1 Å². The number of nitrogens with zero attached hydrogens (tertiary/aromatic N) is 1. The fourth-order valence-electron chi connectivity index (χ4n) is 3.42. The molecule has 2 N–H and O–H groups in total. The first-order valence-electron chi connectivity index (χ1n) is 8.87. The van der Waals surface area contributed by atoms with Crippen molar-refractivity contribution in [3.63, 3.8) is 0 Å². The molecule has 0 spiro atoms. The van der Waals surface area contributed by atoms with Crippen LogP contribution in [0.5, 0.6) is 0 Å². The molecule has 1 amide bonds. The number of aromatic nitrogens is 1. The number of thiazole rings is 1. The fourth-order valence-corrected chi connectivity index (χ4v) is 4.13. The van der Waals surface area contributed by atoms with Crippen LogP contribution >= 0.6 is 11.3 Å². The van der Waals surface area contributed by atoms with Gasteiger partial charge in [0.1, 0.15) is 5.69 Å². The van der Waals surface area contributed by atoms with Crippen molar-refractivity contribution in [2.45, 2.75) is 32.2 Å². The van der Waals surface area contributed by atoms with Crippen molar-refractivity contribution in [1.29, 1.82) is 0 Å². The fraction of sp³-hybridized carbons (Fsp3) is 0.238. The molecule has 0 radical (unpaired) electrons. The average Bonchev–Trinajstić information content (AvgIpc) is 3.11. The van der Waals surface area contributed by atoms with E-state index in [1.165, 1.54) is 28.0 Å². The number of carbonyl (C=O) groups is 1. The second-order valence-electron chi connectivity index (χ2n) is 6.65. The molecule has 5 heteroatoms. The van der Waals surface area contributed by atoms with Gasteiger partial charge in [0.05, 0.1) is 6.04 Å². The summed E-state index contributed by atoms with van der Waals surface area (Å²) < 4.78 is 0. The zero-order valence-electron chi connectivity index (χ0n) is 14.7. The second kappa shape index (κ2) is 7.30. The topological polar surface area (TPSA) is 54.0 Å². The normalized spacial score (nSPS) is 16.0. The molecule has 1 aliphatic carbocycles. The van der Waals surface area contributed by atoms with E-state index in [4.69, 9.17) is 0 Å². The molecule has 0 saturated heterocycles. The van der Waals surface area contributed by atoms with Crippen LogP contribution in [0.3, 0.4) is 0 Å². The van der Waals surface area contributed by atoms with E-state index in [2.05, 4.69) is 39.9 Å². The summed E-state index contributed by atoms with van der Waals surface area (Å²) in [7, 11) is 0. The van der Waals surface area contributed by atoms with Crippen molar-refractivity contribution in [3.8, 4) is 0 Å². The quantitative estimate of drug-likeness (QED) is 0.686. The SMILES string of the molecule is Cc1cccc(Nc2nc(C(=O)NC3CCCc4ccccc43)cs2)c1. The van der Waals surface area contributed by atoms with Gasteiger partial charge in [-0.15, -0.1) is 11.3 Å². The van der Waals surface area contributed by atoms with Gasteiger partial charge in [-0.05, 0) is 55.0 Å². The smallest absolute Gasteiger partial charge is 0.271 e. The first-order valence-corrected chi connectivity index (χ1v) is 9.75. The van der Waals surface area contributed by atoms with Crippen LogP contribution in [0.4, 0.5) is 10.8 Å². The lowest BCUT2D eigenvalue weighted by atomic mass is 9.88. The van der Waals surface area contributed by atoms with Crippen molar-refractivity contribution in [2.24, 2.45) is 0 Å². The lowest BCUT2D eigenvalue weighted by Gasteiger charge is -2.26. The summed E-state index contributed by atoms with van der Waals surface area (Å²) >= 11 is 1.44. The Hall–Kier alpha value is -2.66. The van der Waals surface area contributed by atoms with Gasteiger partial charge in [0, 0.05) is 11.1 Å². The van der Waals surface area contributed by atoms with Crippen LogP contribution in [0.2, 0.25) is 0 Å². The molecule has 1 heterocycles. The van der Waals surface area contributed by atoms with Crippen molar-refractivity contribution < 1.29 is 4.79 Å². The minimum absolute atomic E-state index is 0.0716. The zero-order chi connectivity index (χ0) is 17.9. The number of rotatable bonds is 4. The van der Waals surface area contributed by atoms with E-state index in [0.29, 0.717) is 5.69 Å². The number of hydrogen-bond acceptors (Lipinski definition) is 4. The first kappa shape index (κ1) is 16.8. The van der Waals surface area contributed by atoms with Gasteiger partial charge in [-0.25, -0.2) is 4.98 Å². The first-order chi connectivity index (χ1) is 12.7. The highest BCUT2D eigenvalue weighted by Crippen LogP contribution is 2.30. The molecule has 1 atom stereocenters. The van der Waals surface area contributed by atoms with Crippen molar-refractivity contribution in [3.05, 3.63) is 76.3 Å². The molecule has 132 valence electrons. The van der Waals surface area contributed by atoms with E-state index in [1.54, 1.807) is 0 Å². The number of aryl methyl sites for hydroxylation is 2. The highest BCUT2D eigenvalue weighted by atomic mass is 32.1. The number of nitrogens with one attached hydrogen (secondary N) is 2. The van der Waals surface area contributed by atoms with Gasteiger partial charge in [-0.3, -0.25) is 4.79 Å². The third kappa shape index (κ3) is 3.63. The van der Waals surface area contributed by atoms with Crippen LogP contribution < -0.4 is 10.6 Å². The number of benzene rings is 2. The van der Waals surface area contributed by atoms with Crippen molar-refractivity contribution >= 4 is 28.1 Å². The number of hydrogen-bond donors (Lipinski definition) is 2. The minimum atomic E-state index is -0.111. The van der Waals surface area contributed by atoms with Gasteiger partial charge in [0.25, 0.3) is 5.91 Å². The largest absolute Gasteiger partial charge is 0.344 e. The molecular weight excluding hydrogens is 342 g/mol. The molecule has 0 saturated carbocycles. The van der Waals surface area contributed by atoms with Gasteiger partial charge in [-0.1, -0.05) is 36.4 Å². The summed E-state index contributed by atoms with van der Waals surface area (Å²) in [6.45, 7) is 2.05. The van der Waals surface area contributed by atoms with Gasteiger partial charge in [0.15, 0.2) is 5.13 Å². The summed E-state index contributed by atoms with van der Waals surface area (Å²) in [5.41, 5.74) is 5.20. The highest BCUT2D eigenvalue weighted by molar-refractivity contribution is 7.14. The predicted octanol–water partition coefficient (Wildman–Crippen LogP) is 5.00. The Morgan fingerprint density at radius 2 is 2.08 bits per heavy atom. The number of carbonyl (C=O) groups excluding carboxylic acids is 1. The van der Waals surface area contributed by atoms with Gasteiger partial charge in [0.2, 0.25) is 0 Å². The molecule has 0 fully saturated rings. The molecule has 1 aliphatic rings. The third-order valence-corrected chi connectivity index (χ3v) is 5.44. The molecule has 26 heavy (non-hydrogen) atoms. The standard InChI is InChI=1S/C21H21N3OS/c1-14-6-4-9-16(12-14)22-21-24-19(13-26-21)20(25)23-18-11-5-8-15-7-2-3-10-17(15)18/h2-4,6-7,9-10,12-13,18H,5,8,11H2,1H3,(H,22,24)(H,23,25). The van der Waals surface area contributed by atoms with E-state index < -0.39 is 0 Å². The Balaban J connectivity index is 1.46. The molecule has 4 rings (SSSR count).